The van der Waals surface area contributed by atoms with Crippen molar-refractivity contribution in [3.05, 3.63) is 40.6 Å². The number of pyridine rings is 1. The van der Waals surface area contributed by atoms with Crippen molar-refractivity contribution in [3.63, 3.8) is 0 Å². The highest BCUT2D eigenvalue weighted by molar-refractivity contribution is 5.99. The zero-order valence-corrected chi connectivity index (χ0v) is 10.7. The third kappa shape index (κ3) is 1.64. The first-order valence-electron chi connectivity index (χ1n) is 6.73. The van der Waals surface area contributed by atoms with Gasteiger partial charge in [-0.15, -0.1) is 0 Å². The molecule has 1 aliphatic carbocycles. The van der Waals surface area contributed by atoms with Crippen molar-refractivity contribution in [2.24, 2.45) is 0 Å². The molecule has 1 aliphatic rings. The predicted molar refractivity (Wildman–Crippen MR) is 73.2 cm³/mol. The number of carbonyl (C=O) groups is 1. The summed E-state index contributed by atoms with van der Waals surface area (Å²) in [5.41, 5.74) is 5.49. The van der Waals surface area contributed by atoms with Gasteiger partial charge in [0.1, 0.15) is 0 Å². The molecule has 0 fully saturated rings. The third-order valence-corrected chi connectivity index (χ3v) is 3.92. The Morgan fingerprint density at radius 2 is 2.11 bits per heavy atom. The molecule has 18 heavy (non-hydrogen) atoms. The molecule has 1 heterocycles. The van der Waals surface area contributed by atoms with Gasteiger partial charge >= 0.3 is 0 Å². The number of aldehydes is 1. The van der Waals surface area contributed by atoms with E-state index in [1.807, 2.05) is 12.1 Å². The second-order valence-corrected chi connectivity index (χ2v) is 4.94. The Balaban J connectivity index is 2.39. The number of nitrogens with zero attached hydrogens (tertiary/aromatic N) is 1. The second-order valence-electron chi connectivity index (χ2n) is 4.94. The summed E-state index contributed by atoms with van der Waals surface area (Å²) < 4.78 is 0. The van der Waals surface area contributed by atoms with Gasteiger partial charge in [-0.3, -0.25) is 9.78 Å². The summed E-state index contributed by atoms with van der Waals surface area (Å²) in [6.45, 7) is 2.14. The molecule has 0 spiro atoms. The molecule has 0 radical (unpaired) electrons. The summed E-state index contributed by atoms with van der Waals surface area (Å²) in [6.07, 6.45) is 6.37. The van der Waals surface area contributed by atoms with Gasteiger partial charge in [0.05, 0.1) is 5.52 Å². The van der Waals surface area contributed by atoms with Gasteiger partial charge in [0.15, 0.2) is 6.29 Å². The minimum Gasteiger partial charge on any atom is -0.298 e. The molecule has 1 aromatic heterocycles. The average molecular weight is 239 g/mol. The molecule has 3 rings (SSSR count). The average Bonchev–Trinajstić information content (AvgIpc) is 2.44. The van der Waals surface area contributed by atoms with E-state index in [0.29, 0.717) is 0 Å². The van der Waals surface area contributed by atoms with Crippen LogP contribution in [0.25, 0.3) is 10.9 Å². The summed E-state index contributed by atoms with van der Waals surface area (Å²) in [7, 11) is 0. The maximum absolute atomic E-state index is 11.5. The number of fused-ring (bicyclic) bond motifs is 2. The van der Waals surface area contributed by atoms with E-state index >= 15 is 0 Å². The van der Waals surface area contributed by atoms with Crippen LogP contribution in [0.1, 0.15) is 46.9 Å². The zero-order valence-electron chi connectivity index (χ0n) is 10.7. The maximum Gasteiger partial charge on any atom is 0.151 e. The van der Waals surface area contributed by atoms with Crippen LogP contribution in [0.15, 0.2) is 18.2 Å². The van der Waals surface area contributed by atoms with Gasteiger partial charge in [-0.2, -0.15) is 0 Å². The number of aromatic nitrogens is 1. The molecule has 2 heteroatoms. The van der Waals surface area contributed by atoms with Crippen molar-refractivity contribution in [1.29, 1.82) is 0 Å². The number of carbonyl (C=O) groups excluding carboxylic acids is 1. The topological polar surface area (TPSA) is 30.0 Å². The molecule has 2 aromatic rings. The first kappa shape index (κ1) is 11.4. The number of hydrogen-bond acceptors (Lipinski definition) is 2. The van der Waals surface area contributed by atoms with Gasteiger partial charge in [0, 0.05) is 16.6 Å². The van der Waals surface area contributed by atoms with E-state index in [0.717, 1.165) is 47.7 Å². The largest absolute Gasteiger partial charge is 0.298 e. The molecule has 92 valence electrons. The van der Waals surface area contributed by atoms with Crippen LogP contribution in [0.4, 0.5) is 0 Å². The van der Waals surface area contributed by atoms with E-state index in [-0.39, 0.29) is 0 Å². The lowest BCUT2D eigenvalue weighted by molar-refractivity contribution is 0.112. The maximum atomic E-state index is 11.5. The van der Waals surface area contributed by atoms with Crippen LogP contribution in [0, 0.1) is 0 Å². The second kappa shape index (κ2) is 4.52. The Hall–Kier alpha value is -1.70. The van der Waals surface area contributed by atoms with Crippen molar-refractivity contribution < 1.29 is 4.79 Å². The van der Waals surface area contributed by atoms with Gasteiger partial charge in [-0.25, -0.2) is 0 Å². The molecule has 0 N–H and O–H groups in total. The monoisotopic (exact) mass is 239 g/mol. The molecule has 0 amide bonds. The van der Waals surface area contributed by atoms with Crippen molar-refractivity contribution in [3.8, 4) is 0 Å². The highest BCUT2D eigenvalue weighted by atomic mass is 16.1. The van der Waals surface area contributed by atoms with E-state index < -0.39 is 0 Å². The van der Waals surface area contributed by atoms with Crippen molar-refractivity contribution in [2.45, 2.75) is 39.0 Å². The Morgan fingerprint density at radius 3 is 2.89 bits per heavy atom. The van der Waals surface area contributed by atoms with E-state index in [1.165, 1.54) is 24.0 Å². The SMILES string of the molecule is CCc1cccc2c(C=O)c3c(nc12)CCCC3. The van der Waals surface area contributed by atoms with Crippen LogP contribution in [0.2, 0.25) is 0 Å². The van der Waals surface area contributed by atoms with Crippen molar-refractivity contribution in [2.75, 3.05) is 0 Å². The van der Waals surface area contributed by atoms with Gasteiger partial charge in [0.2, 0.25) is 0 Å². The lowest BCUT2D eigenvalue weighted by Gasteiger charge is -2.19. The fourth-order valence-electron chi connectivity index (χ4n) is 2.96. The van der Waals surface area contributed by atoms with Crippen LogP contribution < -0.4 is 0 Å². The molecular weight excluding hydrogens is 222 g/mol. The smallest absolute Gasteiger partial charge is 0.151 e. The highest BCUT2D eigenvalue weighted by Gasteiger charge is 2.18. The summed E-state index contributed by atoms with van der Waals surface area (Å²) in [4.78, 5) is 16.3. The van der Waals surface area contributed by atoms with Gasteiger partial charge in [-0.05, 0) is 43.2 Å². The van der Waals surface area contributed by atoms with E-state index in [2.05, 4.69) is 13.0 Å². The first-order valence-corrected chi connectivity index (χ1v) is 6.73. The van der Waals surface area contributed by atoms with E-state index in [1.54, 1.807) is 0 Å². The van der Waals surface area contributed by atoms with Crippen LogP contribution >= 0.6 is 0 Å². The highest BCUT2D eigenvalue weighted by Crippen LogP contribution is 2.29. The molecule has 0 saturated heterocycles. The molecular formula is C16H17NO. The quantitative estimate of drug-likeness (QED) is 0.751. The van der Waals surface area contributed by atoms with Crippen molar-refractivity contribution in [1.82, 2.24) is 4.98 Å². The number of benzene rings is 1. The fraction of sp³-hybridized carbons (Fsp3) is 0.375. The molecule has 0 atom stereocenters. The standard InChI is InChI=1S/C16H17NO/c1-2-11-6-5-8-13-14(10-18)12-7-3-4-9-15(12)17-16(11)13/h5-6,8,10H,2-4,7,9H2,1H3. The predicted octanol–water partition coefficient (Wildman–Crippen LogP) is 3.49. The first-order chi connectivity index (χ1) is 8.85. The summed E-state index contributed by atoms with van der Waals surface area (Å²) in [5.74, 6) is 0. The van der Waals surface area contributed by atoms with Gasteiger partial charge < -0.3 is 0 Å². The summed E-state index contributed by atoms with van der Waals surface area (Å²) in [6, 6.07) is 6.17. The number of hydrogen-bond donors (Lipinski definition) is 0. The fourth-order valence-corrected chi connectivity index (χ4v) is 2.96. The van der Waals surface area contributed by atoms with Crippen molar-refractivity contribution >= 4 is 17.2 Å². The number of rotatable bonds is 2. The molecule has 0 aliphatic heterocycles. The van der Waals surface area contributed by atoms with Crippen LogP contribution in [0.5, 0.6) is 0 Å². The van der Waals surface area contributed by atoms with Gasteiger partial charge in [0.25, 0.3) is 0 Å². The normalized spacial score (nSPS) is 14.5. The lowest BCUT2D eigenvalue weighted by Crippen LogP contribution is -2.10. The van der Waals surface area contributed by atoms with Crippen LogP contribution in [-0.2, 0) is 19.3 Å². The minimum atomic E-state index is 0.880. The number of para-hydroxylation sites is 1. The van der Waals surface area contributed by atoms with Gasteiger partial charge in [-0.1, -0.05) is 25.1 Å². The summed E-state index contributed by atoms with van der Waals surface area (Å²) >= 11 is 0. The Morgan fingerprint density at radius 1 is 1.28 bits per heavy atom. The Bertz CT molecular complexity index is 616. The van der Waals surface area contributed by atoms with Crippen LogP contribution in [0.3, 0.4) is 0 Å². The molecule has 1 aromatic carbocycles. The Labute approximate surface area is 107 Å². The number of aryl methyl sites for hydroxylation is 2. The summed E-state index contributed by atoms with van der Waals surface area (Å²) in [5, 5.41) is 1.03. The molecule has 0 unspecified atom stereocenters. The minimum absolute atomic E-state index is 0.880. The zero-order chi connectivity index (χ0) is 12.5. The molecule has 0 saturated carbocycles. The lowest BCUT2D eigenvalue weighted by atomic mass is 9.89. The van der Waals surface area contributed by atoms with E-state index in [4.69, 9.17) is 4.98 Å². The van der Waals surface area contributed by atoms with Crippen LogP contribution in [-0.4, -0.2) is 11.3 Å². The third-order valence-electron chi connectivity index (χ3n) is 3.92. The van der Waals surface area contributed by atoms with E-state index in [9.17, 15) is 4.79 Å². The molecule has 2 nitrogen and oxygen atoms in total. The Kier molecular flexibility index (Phi) is 2.86. The molecule has 0 bridgehead atoms.